The van der Waals surface area contributed by atoms with Gasteiger partial charge in [-0.15, -0.1) is 0 Å². The van der Waals surface area contributed by atoms with Crippen molar-refractivity contribution in [3.8, 4) is 11.3 Å². The van der Waals surface area contributed by atoms with Crippen molar-refractivity contribution in [1.82, 2.24) is 5.43 Å². The van der Waals surface area contributed by atoms with Crippen molar-refractivity contribution in [3.05, 3.63) is 68.7 Å². The summed E-state index contributed by atoms with van der Waals surface area (Å²) >= 11 is 15.2. The molecule has 0 bridgehead atoms. The lowest BCUT2D eigenvalue weighted by Gasteiger charge is -2.00. The number of rotatable bonds is 4. The third-order valence-corrected chi connectivity index (χ3v) is 3.97. The predicted molar refractivity (Wildman–Crippen MR) is 95.6 cm³/mol. The second kappa shape index (κ2) is 7.25. The molecular weight excluding hydrogens is 419 g/mol. The molecule has 3 rings (SSSR count). The summed E-state index contributed by atoms with van der Waals surface area (Å²) in [6, 6.07) is 11.7. The maximum absolute atomic E-state index is 11.8. The monoisotopic (exact) mass is 426 g/mol. The van der Waals surface area contributed by atoms with Crippen molar-refractivity contribution in [1.29, 1.82) is 0 Å². The minimum Gasteiger partial charge on any atom is -0.455 e. The molecule has 2 heterocycles. The zero-order chi connectivity index (χ0) is 17.1. The Bertz CT molecular complexity index is 918. The van der Waals surface area contributed by atoms with E-state index in [4.69, 9.17) is 32.0 Å². The molecule has 0 aliphatic carbocycles. The molecule has 0 saturated heterocycles. The Morgan fingerprint density at radius 1 is 1.12 bits per heavy atom. The summed E-state index contributed by atoms with van der Waals surface area (Å²) in [5.41, 5.74) is 3.01. The van der Waals surface area contributed by atoms with E-state index in [1.54, 1.807) is 36.4 Å². The van der Waals surface area contributed by atoms with Gasteiger partial charge < -0.3 is 8.83 Å². The van der Waals surface area contributed by atoms with Crippen LogP contribution in [0.3, 0.4) is 0 Å². The summed E-state index contributed by atoms with van der Waals surface area (Å²) in [4.78, 5) is 11.8. The molecule has 2 aromatic heterocycles. The summed E-state index contributed by atoms with van der Waals surface area (Å²) in [5.74, 6) is 0.665. The topological polar surface area (TPSA) is 67.7 Å². The molecule has 0 fully saturated rings. The molecule has 0 radical (unpaired) electrons. The molecule has 122 valence electrons. The number of hydrazone groups is 1. The van der Waals surface area contributed by atoms with E-state index in [1.807, 2.05) is 0 Å². The van der Waals surface area contributed by atoms with Gasteiger partial charge in [-0.3, -0.25) is 4.79 Å². The molecule has 8 heteroatoms. The largest absolute Gasteiger partial charge is 0.455 e. The van der Waals surface area contributed by atoms with E-state index in [0.29, 0.717) is 31.8 Å². The van der Waals surface area contributed by atoms with Crippen LogP contribution in [0.4, 0.5) is 0 Å². The highest BCUT2D eigenvalue weighted by molar-refractivity contribution is 9.10. The third-order valence-electron chi connectivity index (χ3n) is 2.98. The quantitative estimate of drug-likeness (QED) is 0.449. The molecule has 24 heavy (non-hydrogen) atoms. The van der Waals surface area contributed by atoms with E-state index in [0.717, 1.165) is 0 Å². The fraction of sp³-hybridized carbons (Fsp3) is 0. The fourth-order valence-corrected chi connectivity index (χ4v) is 2.59. The molecule has 3 aromatic rings. The lowest BCUT2D eigenvalue weighted by Crippen LogP contribution is -2.16. The molecule has 5 nitrogen and oxygen atoms in total. The van der Waals surface area contributed by atoms with Crippen molar-refractivity contribution >= 4 is 51.3 Å². The molecule has 0 spiro atoms. The maximum Gasteiger partial charge on any atom is 0.307 e. The first kappa shape index (κ1) is 16.8. The normalized spacial score (nSPS) is 11.1. The summed E-state index contributed by atoms with van der Waals surface area (Å²) < 4.78 is 11.2. The van der Waals surface area contributed by atoms with Crippen LogP contribution >= 0.6 is 39.1 Å². The number of benzene rings is 1. The Kier molecular flexibility index (Phi) is 5.08. The Morgan fingerprint density at radius 3 is 2.71 bits per heavy atom. The van der Waals surface area contributed by atoms with Gasteiger partial charge in [0, 0.05) is 10.6 Å². The molecular formula is C16H9BrCl2N2O3. The van der Waals surface area contributed by atoms with Crippen molar-refractivity contribution in [2.75, 3.05) is 0 Å². The number of hydrogen-bond donors (Lipinski definition) is 1. The van der Waals surface area contributed by atoms with E-state index in [9.17, 15) is 4.79 Å². The van der Waals surface area contributed by atoms with Gasteiger partial charge in [0.05, 0.1) is 11.2 Å². The van der Waals surface area contributed by atoms with Crippen molar-refractivity contribution in [2.24, 2.45) is 5.10 Å². The minimum absolute atomic E-state index is 0.143. The molecule has 1 aromatic carbocycles. The Morgan fingerprint density at radius 2 is 1.96 bits per heavy atom. The zero-order valence-electron chi connectivity index (χ0n) is 11.9. The minimum atomic E-state index is -0.471. The van der Waals surface area contributed by atoms with E-state index in [1.165, 1.54) is 12.3 Å². The second-order valence-corrected chi connectivity index (χ2v) is 6.25. The summed E-state index contributed by atoms with van der Waals surface area (Å²) in [6.07, 6.45) is 1.37. The number of halogens is 3. The van der Waals surface area contributed by atoms with Gasteiger partial charge in [0.15, 0.2) is 10.4 Å². The number of furan rings is 2. The van der Waals surface area contributed by atoms with Gasteiger partial charge >= 0.3 is 5.91 Å². The third kappa shape index (κ3) is 3.90. The number of amides is 1. The Hall–Kier alpha value is -2.02. The van der Waals surface area contributed by atoms with Crippen LogP contribution in [-0.2, 0) is 0 Å². The number of carbonyl (C=O) groups excluding carboxylic acids is 1. The lowest BCUT2D eigenvalue weighted by molar-refractivity contribution is 0.0926. The van der Waals surface area contributed by atoms with E-state index < -0.39 is 5.91 Å². The summed E-state index contributed by atoms with van der Waals surface area (Å²) in [6.45, 7) is 0. The number of hydrogen-bond acceptors (Lipinski definition) is 4. The summed E-state index contributed by atoms with van der Waals surface area (Å²) in [5, 5.41) is 4.90. The van der Waals surface area contributed by atoms with E-state index in [-0.39, 0.29) is 5.76 Å². The van der Waals surface area contributed by atoms with Crippen LogP contribution in [0.1, 0.15) is 16.3 Å². The van der Waals surface area contributed by atoms with Gasteiger partial charge in [0.2, 0.25) is 0 Å². The highest BCUT2D eigenvalue weighted by Crippen LogP contribution is 2.31. The first-order valence-corrected chi connectivity index (χ1v) is 8.22. The maximum atomic E-state index is 11.8. The highest BCUT2D eigenvalue weighted by Gasteiger charge is 2.10. The van der Waals surface area contributed by atoms with Gasteiger partial charge in [-0.05, 0) is 58.4 Å². The fourth-order valence-electron chi connectivity index (χ4n) is 1.90. The lowest BCUT2D eigenvalue weighted by atomic mass is 10.2. The Balaban J connectivity index is 1.70. The molecule has 0 aliphatic rings. The van der Waals surface area contributed by atoms with Crippen LogP contribution in [0.2, 0.25) is 10.0 Å². The molecule has 0 aliphatic heterocycles. The number of nitrogens with one attached hydrogen (secondary N) is 1. The van der Waals surface area contributed by atoms with Gasteiger partial charge in [-0.1, -0.05) is 23.2 Å². The van der Waals surface area contributed by atoms with Gasteiger partial charge in [-0.2, -0.15) is 5.10 Å². The number of carbonyl (C=O) groups is 1. The van der Waals surface area contributed by atoms with Crippen molar-refractivity contribution in [2.45, 2.75) is 0 Å². The van der Waals surface area contributed by atoms with Crippen molar-refractivity contribution < 1.29 is 13.6 Å². The predicted octanol–water partition coefficient (Wildman–Crippen LogP) is 5.37. The van der Waals surface area contributed by atoms with Crippen LogP contribution in [0.15, 0.2) is 61.1 Å². The van der Waals surface area contributed by atoms with E-state index >= 15 is 0 Å². The average molecular weight is 428 g/mol. The number of nitrogens with zero attached hydrogens (tertiary/aromatic N) is 1. The van der Waals surface area contributed by atoms with Crippen LogP contribution in [0, 0.1) is 0 Å². The zero-order valence-corrected chi connectivity index (χ0v) is 15.0. The van der Waals surface area contributed by atoms with Crippen molar-refractivity contribution in [3.63, 3.8) is 0 Å². The van der Waals surface area contributed by atoms with Crippen LogP contribution in [0.25, 0.3) is 11.3 Å². The molecule has 0 atom stereocenters. The second-order valence-electron chi connectivity index (χ2n) is 4.63. The van der Waals surface area contributed by atoms with Crippen LogP contribution in [-0.4, -0.2) is 12.1 Å². The average Bonchev–Trinajstić information content (AvgIpc) is 3.19. The Labute approximate surface area is 155 Å². The first-order valence-electron chi connectivity index (χ1n) is 6.67. The van der Waals surface area contributed by atoms with Gasteiger partial charge in [-0.25, -0.2) is 5.43 Å². The molecule has 0 unspecified atom stereocenters. The van der Waals surface area contributed by atoms with Crippen LogP contribution < -0.4 is 5.43 Å². The standard InChI is InChI=1S/C16H9BrCl2N2O3/c17-15-6-5-14(24-15)16(22)21-20-8-10-2-4-13(23-10)11-7-9(18)1-3-12(11)19/h1-8H,(H,21,22). The van der Waals surface area contributed by atoms with Crippen LogP contribution in [0.5, 0.6) is 0 Å². The van der Waals surface area contributed by atoms with E-state index in [2.05, 4.69) is 26.5 Å². The molecule has 0 saturated carbocycles. The highest BCUT2D eigenvalue weighted by atomic mass is 79.9. The van der Waals surface area contributed by atoms with Gasteiger partial charge in [0.1, 0.15) is 11.5 Å². The SMILES string of the molecule is O=C(NN=Cc1ccc(-c2cc(Cl)ccc2Cl)o1)c1ccc(Br)o1. The smallest absolute Gasteiger partial charge is 0.307 e. The molecule has 1 amide bonds. The molecule has 1 N–H and O–H groups in total. The van der Waals surface area contributed by atoms with Gasteiger partial charge in [0.25, 0.3) is 0 Å². The first-order chi connectivity index (χ1) is 11.5. The summed E-state index contributed by atoms with van der Waals surface area (Å²) in [7, 11) is 0.